The zero-order chi connectivity index (χ0) is 12.7. The van der Waals surface area contributed by atoms with Crippen molar-refractivity contribution >= 4 is 6.09 Å². The topological polar surface area (TPSA) is 38.3 Å². The summed E-state index contributed by atoms with van der Waals surface area (Å²) in [5.74, 6) is 0.603. The van der Waals surface area contributed by atoms with Crippen LogP contribution in [0.4, 0.5) is 4.79 Å². The van der Waals surface area contributed by atoms with Crippen LogP contribution in [-0.2, 0) is 4.74 Å². The molecule has 94 valence electrons. The van der Waals surface area contributed by atoms with Gasteiger partial charge in [-0.1, -0.05) is 36.5 Å². The molecule has 3 heteroatoms. The third-order valence-corrected chi connectivity index (χ3v) is 2.99. The standard InChI is InChI=1S/C14H21NO2/c1-4-9-17-14(16)15-10-12-5-7-13(8-6-12)11(2)3/h4-5,13H,1-2,6-10H2,3H3,(H,15,16). The van der Waals surface area contributed by atoms with Crippen molar-refractivity contribution in [3.63, 3.8) is 0 Å². The van der Waals surface area contributed by atoms with Gasteiger partial charge in [-0.25, -0.2) is 4.79 Å². The van der Waals surface area contributed by atoms with Crippen molar-refractivity contribution in [2.45, 2.75) is 26.2 Å². The molecular weight excluding hydrogens is 214 g/mol. The first-order valence-electron chi connectivity index (χ1n) is 5.98. The number of alkyl carbamates (subject to hydrolysis) is 1. The largest absolute Gasteiger partial charge is 0.445 e. The number of hydrogen-bond acceptors (Lipinski definition) is 2. The van der Waals surface area contributed by atoms with E-state index in [1.54, 1.807) is 6.08 Å². The van der Waals surface area contributed by atoms with Gasteiger partial charge < -0.3 is 10.1 Å². The summed E-state index contributed by atoms with van der Waals surface area (Å²) in [6.07, 6.45) is 6.57. The van der Waals surface area contributed by atoms with E-state index >= 15 is 0 Å². The molecule has 1 rings (SSSR count). The zero-order valence-corrected chi connectivity index (χ0v) is 10.5. The fourth-order valence-corrected chi connectivity index (χ4v) is 1.87. The van der Waals surface area contributed by atoms with Crippen molar-refractivity contribution in [2.75, 3.05) is 13.2 Å². The molecule has 0 aromatic rings. The quantitative estimate of drug-likeness (QED) is 0.743. The molecule has 1 amide bonds. The van der Waals surface area contributed by atoms with Crippen LogP contribution in [0.2, 0.25) is 0 Å². The van der Waals surface area contributed by atoms with Crippen molar-refractivity contribution < 1.29 is 9.53 Å². The number of allylic oxidation sites excluding steroid dienone is 2. The molecule has 0 saturated carbocycles. The molecule has 0 radical (unpaired) electrons. The SMILES string of the molecule is C=CCOC(=O)NCC1=CCC(C(=C)C)CC1. The molecule has 1 atom stereocenters. The van der Waals surface area contributed by atoms with Gasteiger partial charge in [-0.05, 0) is 32.1 Å². The molecule has 3 nitrogen and oxygen atoms in total. The lowest BCUT2D eigenvalue weighted by molar-refractivity contribution is 0.159. The molecule has 1 aliphatic rings. The van der Waals surface area contributed by atoms with Gasteiger partial charge in [0.1, 0.15) is 6.61 Å². The summed E-state index contributed by atoms with van der Waals surface area (Å²) >= 11 is 0. The van der Waals surface area contributed by atoms with Crippen molar-refractivity contribution in [2.24, 2.45) is 5.92 Å². The molecule has 0 aromatic carbocycles. The van der Waals surface area contributed by atoms with E-state index < -0.39 is 0 Å². The van der Waals surface area contributed by atoms with E-state index in [0.717, 1.165) is 19.3 Å². The molecule has 17 heavy (non-hydrogen) atoms. The highest BCUT2D eigenvalue weighted by molar-refractivity contribution is 5.67. The molecule has 0 aromatic heterocycles. The fraction of sp³-hybridized carbons (Fsp3) is 0.500. The lowest BCUT2D eigenvalue weighted by Gasteiger charge is -2.22. The Labute approximate surface area is 103 Å². The predicted octanol–water partition coefficient (Wildman–Crippen LogP) is 3.20. The highest BCUT2D eigenvalue weighted by atomic mass is 16.5. The van der Waals surface area contributed by atoms with Gasteiger partial charge in [-0.3, -0.25) is 0 Å². The van der Waals surface area contributed by atoms with Crippen LogP contribution >= 0.6 is 0 Å². The number of rotatable bonds is 5. The van der Waals surface area contributed by atoms with E-state index in [2.05, 4.69) is 31.5 Å². The summed E-state index contributed by atoms with van der Waals surface area (Å²) in [5.41, 5.74) is 2.52. The van der Waals surface area contributed by atoms with Crippen LogP contribution in [0.1, 0.15) is 26.2 Å². The van der Waals surface area contributed by atoms with Gasteiger partial charge in [0, 0.05) is 6.54 Å². The maximum atomic E-state index is 11.2. The molecule has 1 aliphatic carbocycles. The second-order valence-electron chi connectivity index (χ2n) is 4.42. The van der Waals surface area contributed by atoms with Gasteiger partial charge in [0.05, 0.1) is 0 Å². The van der Waals surface area contributed by atoms with Gasteiger partial charge in [-0.2, -0.15) is 0 Å². The fourth-order valence-electron chi connectivity index (χ4n) is 1.87. The minimum atomic E-state index is -0.382. The molecule has 0 heterocycles. The Morgan fingerprint density at radius 3 is 3.00 bits per heavy atom. The first kappa shape index (κ1) is 13.6. The second-order valence-corrected chi connectivity index (χ2v) is 4.42. The summed E-state index contributed by atoms with van der Waals surface area (Å²) < 4.78 is 4.83. The van der Waals surface area contributed by atoms with E-state index in [4.69, 9.17) is 4.74 Å². The second kappa shape index (κ2) is 6.94. The molecule has 0 fully saturated rings. The third-order valence-electron chi connectivity index (χ3n) is 2.99. The molecule has 0 bridgehead atoms. The van der Waals surface area contributed by atoms with Crippen LogP contribution < -0.4 is 5.32 Å². The maximum Gasteiger partial charge on any atom is 0.407 e. The minimum absolute atomic E-state index is 0.253. The van der Waals surface area contributed by atoms with Crippen LogP contribution in [0, 0.1) is 5.92 Å². The Bertz CT molecular complexity index is 331. The lowest BCUT2D eigenvalue weighted by atomic mass is 9.85. The third kappa shape index (κ3) is 4.89. The number of carbonyl (C=O) groups excluding carboxylic acids is 1. The van der Waals surface area contributed by atoms with Crippen molar-refractivity contribution in [1.82, 2.24) is 5.32 Å². The lowest BCUT2D eigenvalue weighted by Crippen LogP contribution is -2.27. The monoisotopic (exact) mass is 235 g/mol. The Balaban J connectivity index is 2.27. The molecule has 1 unspecified atom stereocenters. The number of amides is 1. The molecule has 0 saturated heterocycles. The number of ether oxygens (including phenoxy) is 1. The first-order chi connectivity index (χ1) is 8.13. The summed E-state index contributed by atoms with van der Waals surface area (Å²) in [7, 11) is 0. The predicted molar refractivity (Wildman–Crippen MR) is 69.8 cm³/mol. The molecule has 1 N–H and O–H groups in total. The summed E-state index contributed by atoms with van der Waals surface area (Å²) in [4.78, 5) is 11.2. The number of nitrogens with one attached hydrogen (secondary N) is 1. The normalized spacial score (nSPS) is 19.1. The van der Waals surface area contributed by atoms with Gasteiger partial charge in [0.2, 0.25) is 0 Å². The zero-order valence-electron chi connectivity index (χ0n) is 10.5. The van der Waals surface area contributed by atoms with E-state index in [9.17, 15) is 4.79 Å². The Kier molecular flexibility index (Phi) is 5.53. The van der Waals surface area contributed by atoms with Crippen molar-refractivity contribution in [1.29, 1.82) is 0 Å². The van der Waals surface area contributed by atoms with Crippen LogP contribution in [0.25, 0.3) is 0 Å². The minimum Gasteiger partial charge on any atom is -0.445 e. The highest BCUT2D eigenvalue weighted by Gasteiger charge is 2.15. The number of carbonyl (C=O) groups is 1. The van der Waals surface area contributed by atoms with Gasteiger partial charge in [0.15, 0.2) is 0 Å². The van der Waals surface area contributed by atoms with Gasteiger partial charge in [0.25, 0.3) is 0 Å². The average molecular weight is 235 g/mol. The van der Waals surface area contributed by atoms with Crippen LogP contribution in [0.5, 0.6) is 0 Å². The first-order valence-corrected chi connectivity index (χ1v) is 5.98. The molecule has 0 spiro atoms. The van der Waals surface area contributed by atoms with E-state index in [1.807, 2.05) is 0 Å². The van der Waals surface area contributed by atoms with Gasteiger partial charge in [-0.15, -0.1) is 0 Å². The van der Waals surface area contributed by atoms with E-state index in [-0.39, 0.29) is 12.7 Å². The van der Waals surface area contributed by atoms with Crippen LogP contribution in [0.15, 0.2) is 36.5 Å². The van der Waals surface area contributed by atoms with E-state index in [1.165, 1.54) is 11.1 Å². The molecular formula is C14H21NO2. The Hall–Kier alpha value is -1.51. The Morgan fingerprint density at radius 2 is 2.47 bits per heavy atom. The highest BCUT2D eigenvalue weighted by Crippen LogP contribution is 2.27. The summed E-state index contributed by atoms with van der Waals surface area (Å²) in [6, 6.07) is 0. The smallest absolute Gasteiger partial charge is 0.407 e. The van der Waals surface area contributed by atoms with Crippen LogP contribution in [-0.4, -0.2) is 19.2 Å². The average Bonchev–Trinajstić information content (AvgIpc) is 2.34. The Morgan fingerprint density at radius 1 is 1.71 bits per heavy atom. The van der Waals surface area contributed by atoms with Gasteiger partial charge >= 0.3 is 6.09 Å². The van der Waals surface area contributed by atoms with Crippen LogP contribution in [0.3, 0.4) is 0 Å². The molecule has 0 aliphatic heterocycles. The summed E-state index contributed by atoms with van der Waals surface area (Å²) in [5, 5.41) is 2.73. The van der Waals surface area contributed by atoms with Crippen molar-refractivity contribution in [3.8, 4) is 0 Å². The summed E-state index contributed by atoms with van der Waals surface area (Å²) in [6.45, 7) is 10.4. The maximum absolute atomic E-state index is 11.2. The van der Waals surface area contributed by atoms with Crippen molar-refractivity contribution in [3.05, 3.63) is 36.5 Å². The van der Waals surface area contributed by atoms with E-state index in [0.29, 0.717) is 12.5 Å². The number of hydrogen-bond donors (Lipinski definition) is 1.